The van der Waals surface area contributed by atoms with Crippen LogP contribution < -0.4 is 0 Å². The van der Waals surface area contributed by atoms with E-state index in [4.69, 9.17) is 0 Å². The smallest absolute Gasteiger partial charge is 0.131 e. The molecule has 2 rings (SSSR count). The molecule has 0 saturated carbocycles. The summed E-state index contributed by atoms with van der Waals surface area (Å²) in [5, 5.41) is 9.23. The summed E-state index contributed by atoms with van der Waals surface area (Å²) in [6, 6.07) is 6.92. The van der Waals surface area contributed by atoms with Crippen LogP contribution in [0.1, 0.15) is 16.7 Å². The van der Waals surface area contributed by atoms with Crippen molar-refractivity contribution in [2.75, 3.05) is 0 Å². The average Bonchev–Trinajstić information content (AvgIpc) is 2.32. The zero-order valence-corrected chi connectivity index (χ0v) is 10.3. The molecule has 2 aromatic carbocycles. The van der Waals surface area contributed by atoms with Gasteiger partial charge in [0, 0.05) is 5.56 Å². The van der Waals surface area contributed by atoms with Gasteiger partial charge in [0.25, 0.3) is 0 Å². The zero-order chi connectivity index (χ0) is 13.3. The third-order valence-corrected chi connectivity index (χ3v) is 3.09. The largest absolute Gasteiger partial charge is 0.392 e. The van der Waals surface area contributed by atoms with Gasteiger partial charge in [0.2, 0.25) is 0 Å². The fraction of sp³-hybridized carbons (Fsp3) is 0.200. The Balaban J connectivity index is 2.61. The Morgan fingerprint density at radius 1 is 1.00 bits per heavy atom. The van der Waals surface area contributed by atoms with Crippen LogP contribution in [0.15, 0.2) is 30.3 Å². The van der Waals surface area contributed by atoms with Crippen LogP contribution in [-0.2, 0) is 6.61 Å². The van der Waals surface area contributed by atoms with E-state index >= 15 is 0 Å². The van der Waals surface area contributed by atoms with E-state index in [-0.39, 0.29) is 12.2 Å². The van der Waals surface area contributed by atoms with Gasteiger partial charge in [-0.25, -0.2) is 8.78 Å². The van der Waals surface area contributed by atoms with Crippen molar-refractivity contribution in [2.24, 2.45) is 0 Å². The summed E-state index contributed by atoms with van der Waals surface area (Å²) in [5.41, 5.74) is 3.44. The predicted octanol–water partition coefficient (Wildman–Crippen LogP) is 3.74. The minimum atomic E-state index is -0.465. The van der Waals surface area contributed by atoms with E-state index in [1.807, 2.05) is 13.8 Å². The summed E-state index contributed by atoms with van der Waals surface area (Å²) in [5.74, 6) is -0.917. The Hall–Kier alpha value is -1.74. The van der Waals surface area contributed by atoms with Crippen molar-refractivity contribution in [3.05, 3.63) is 58.7 Å². The number of aryl methyl sites for hydroxylation is 2. The molecule has 0 bridgehead atoms. The van der Waals surface area contributed by atoms with E-state index in [9.17, 15) is 13.9 Å². The number of rotatable bonds is 2. The number of halogens is 2. The second-order valence-electron chi connectivity index (χ2n) is 4.37. The first-order chi connectivity index (χ1) is 8.52. The highest BCUT2D eigenvalue weighted by Crippen LogP contribution is 2.28. The van der Waals surface area contributed by atoms with E-state index in [0.29, 0.717) is 5.56 Å². The highest BCUT2D eigenvalue weighted by Gasteiger charge is 2.10. The minimum Gasteiger partial charge on any atom is -0.392 e. The lowest BCUT2D eigenvalue weighted by molar-refractivity contribution is 0.280. The fourth-order valence-corrected chi connectivity index (χ4v) is 2.12. The number of hydrogen-bond acceptors (Lipinski definition) is 1. The van der Waals surface area contributed by atoms with Crippen LogP contribution in [0.5, 0.6) is 0 Å². The Morgan fingerprint density at radius 3 is 2.17 bits per heavy atom. The van der Waals surface area contributed by atoms with E-state index in [0.717, 1.165) is 28.8 Å². The molecular weight excluding hydrogens is 234 g/mol. The van der Waals surface area contributed by atoms with Gasteiger partial charge in [0.15, 0.2) is 0 Å². The van der Waals surface area contributed by atoms with Crippen LogP contribution >= 0.6 is 0 Å². The SMILES string of the molecule is Cc1cc(-c2cc(F)ccc2F)cc(C)c1CO. The molecule has 18 heavy (non-hydrogen) atoms. The van der Waals surface area contributed by atoms with E-state index in [2.05, 4.69) is 0 Å². The maximum Gasteiger partial charge on any atom is 0.131 e. The summed E-state index contributed by atoms with van der Waals surface area (Å²) in [4.78, 5) is 0. The van der Waals surface area contributed by atoms with Crippen LogP contribution in [0, 0.1) is 25.5 Å². The summed E-state index contributed by atoms with van der Waals surface area (Å²) in [6.07, 6.45) is 0. The van der Waals surface area contributed by atoms with Gasteiger partial charge in [-0.3, -0.25) is 0 Å². The van der Waals surface area contributed by atoms with Gasteiger partial charge < -0.3 is 5.11 Å². The maximum absolute atomic E-state index is 13.7. The molecule has 1 nitrogen and oxygen atoms in total. The van der Waals surface area contributed by atoms with E-state index in [1.165, 1.54) is 6.07 Å². The molecule has 0 saturated heterocycles. The summed E-state index contributed by atoms with van der Waals surface area (Å²) in [6.45, 7) is 3.64. The Bertz CT molecular complexity index is 568. The molecule has 1 N–H and O–H groups in total. The second-order valence-corrected chi connectivity index (χ2v) is 4.37. The number of aliphatic hydroxyl groups is 1. The minimum absolute atomic E-state index is 0.0520. The Morgan fingerprint density at radius 2 is 1.61 bits per heavy atom. The molecule has 2 aromatic rings. The molecule has 0 aliphatic rings. The van der Waals surface area contributed by atoms with Gasteiger partial charge in [-0.1, -0.05) is 12.1 Å². The molecule has 94 valence electrons. The van der Waals surface area contributed by atoms with Gasteiger partial charge in [-0.05, 0) is 54.3 Å². The molecule has 0 fully saturated rings. The van der Waals surface area contributed by atoms with Gasteiger partial charge in [-0.2, -0.15) is 0 Å². The molecule has 0 radical (unpaired) electrons. The zero-order valence-electron chi connectivity index (χ0n) is 10.3. The average molecular weight is 248 g/mol. The topological polar surface area (TPSA) is 20.2 Å². The Kier molecular flexibility index (Phi) is 3.43. The Labute approximate surface area is 105 Å². The maximum atomic E-state index is 13.7. The van der Waals surface area contributed by atoms with Crippen molar-refractivity contribution in [1.29, 1.82) is 0 Å². The summed E-state index contributed by atoms with van der Waals surface area (Å²) >= 11 is 0. The number of hydrogen-bond donors (Lipinski definition) is 1. The molecule has 0 heterocycles. The van der Waals surface area contributed by atoms with Crippen LogP contribution in [0.4, 0.5) is 8.78 Å². The first-order valence-electron chi connectivity index (χ1n) is 5.69. The van der Waals surface area contributed by atoms with Crippen LogP contribution in [-0.4, -0.2) is 5.11 Å². The molecule has 0 amide bonds. The van der Waals surface area contributed by atoms with Crippen molar-refractivity contribution >= 4 is 0 Å². The molecule has 0 aromatic heterocycles. The van der Waals surface area contributed by atoms with Crippen molar-refractivity contribution < 1.29 is 13.9 Å². The monoisotopic (exact) mass is 248 g/mol. The van der Waals surface area contributed by atoms with Gasteiger partial charge in [0.05, 0.1) is 6.61 Å². The van der Waals surface area contributed by atoms with E-state index < -0.39 is 11.6 Å². The van der Waals surface area contributed by atoms with Crippen molar-refractivity contribution in [3.8, 4) is 11.1 Å². The molecule has 3 heteroatoms. The summed E-state index contributed by atoms with van der Waals surface area (Å²) < 4.78 is 26.9. The van der Waals surface area contributed by atoms with Crippen molar-refractivity contribution in [2.45, 2.75) is 20.5 Å². The number of aliphatic hydroxyl groups excluding tert-OH is 1. The molecule has 0 aliphatic heterocycles. The van der Waals surface area contributed by atoms with Gasteiger partial charge in [-0.15, -0.1) is 0 Å². The predicted molar refractivity (Wildman–Crippen MR) is 67.2 cm³/mol. The lowest BCUT2D eigenvalue weighted by Crippen LogP contribution is -1.95. The first-order valence-corrected chi connectivity index (χ1v) is 5.69. The normalized spacial score (nSPS) is 10.7. The highest BCUT2D eigenvalue weighted by atomic mass is 19.1. The van der Waals surface area contributed by atoms with Gasteiger partial charge in [0.1, 0.15) is 11.6 Å². The molecule has 0 unspecified atom stereocenters. The van der Waals surface area contributed by atoms with E-state index in [1.54, 1.807) is 12.1 Å². The van der Waals surface area contributed by atoms with Gasteiger partial charge >= 0.3 is 0 Å². The van der Waals surface area contributed by atoms with Crippen LogP contribution in [0.25, 0.3) is 11.1 Å². The highest BCUT2D eigenvalue weighted by molar-refractivity contribution is 5.67. The first kappa shape index (κ1) is 12.7. The fourth-order valence-electron chi connectivity index (χ4n) is 2.12. The third-order valence-electron chi connectivity index (χ3n) is 3.09. The third kappa shape index (κ3) is 2.27. The van der Waals surface area contributed by atoms with Crippen LogP contribution in [0.2, 0.25) is 0 Å². The molecule has 0 atom stereocenters. The quantitative estimate of drug-likeness (QED) is 0.858. The number of benzene rings is 2. The second kappa shape index (κ2) is 4.86. The lowest BCUT2D eigenvalue weighted by atomic mass is 9.95. The van der Waals surface area contributed by atoms with Crippen molar-refractivity contribution in [3.63, 3.8) is 0 Å². The summed E-state index contributed by atoms with van der Waals surface area (Å²) in [7, 11) is 0. The lowest BCUT2D eigenvalue weighted by Gasteiger charge is -2.11. The standard InChI is InChI=1S/C15H14F2O/c1-9-5-11(6-10(2)14(9)8-18)13-7-12(16)3-4-15(13)17/h3-7,18H,8H2,1-2H3. The molecule has 0 spiro atoms. The van der Waals surface area contributed by atoms with Crippen molar-refractivity contribution in [1.82, 2.24) is 0 Å². The molecular formula is C15H14F2O. The van der Waals surface area contributed by atoms with Crippen LogP contribution in [0.3, 0.4) is 0 Å². The molecule has 0 aliphatic carbocycles.